The molecule has 2 N–H and O–H groups in total. The van der Waals surface area contributed by atoms with Gasteiger partial charge in [-0.3, -0.25) is 9.79 Å². The third kappa shape index (κ3) is 6.24. The molecule has 0 spiro atoms. The highest BCUT2D eigenvalue weighted by molar-refractivity contribution is 5.81. The summed E-state index contributed by atoms with van der Waals surface area (Å²) < 4.78 is 5.38. The molecule has 6 nitrogen and oxygen atoms in total. The van der Waals surface area contributed by atoms with E-state index >= 15 is 0 Å². The van der Waals surface area contributed by atoms with Crippen LogP contribution in [-0.4, -0.2) is 56.6 Å². The lowest BCUT2D eigenvalue weighted by Crippen LogP contribution is -2.38. The number of methoxy groups -OCH3 is 1. The Hall–Kier alpha value is -2.24. The number of benzene rings is 1. The van der Waals surface area contributed by atoms with Gasteiger partial charge in [-0.05, 0) is 50.3 Å². The zero-order valence-electron chi connectivity index (χ0n) is 16.3. The average molecular weight is 361 g/mol. The summed E-state index contributed by atoms with van der Waals surface area (Å²) in [5.41, 5.74) is 2.36. The van der Waals surface area contributed by atoms with Gasteiger partial charge in [0, 0.05) is 32.6 Å². The van der Waals surface area contributed by atoms with Crippen LogP contribution in [0, 0.1) is 6.92 Å². The molecule has 0 aliphatic carbocycles. The third-order valence-corrected chi connectivity index (χ3v) is 4.58. The van der Waals surface area contributed by atoms with Gasteiger partial charge in [-0.25, -0.2) is 0 Å². The van der Waals surface area contributed by atoms with Gasteiger partial charge in [0.25, 0.3) is 0 Å². The maximum absolute atomic E-state index is 12.1. The molecule has 1 aromatic rings. The van der Waals surface area contributed by atoms with E-state index in [1.54, 1.807) is 7.11 Å². The van der Waals surface area contributed by atoms with Crippen LogP contribution in [0.15, 0.2) is 23.2 Å². The number of ether oxygens (including phenoxy) is 1. The van der Waals surface area contributed by atoms with E-state index in [9.17, 15) is 4.79 Å². The molecule has 0 saturated carbocycles. The van der Waals surface area contributed by atoms with Crippen molar-refractivity contribution in [1.82, 2.24) is 15.5 Å². The lowest BCUT2D eigenvalue weighted by atomic mass is 10.1. The fraction of sp³-hybridized carbons (Fsp3) is 0.600. The molecule has 1 aromatic carbocycles. The topological polar surface area (TPSA) is 66.0 Å². The first-order chi connectivity index (χ1) is 12.6. The number of aliphatic imine (C=N–C) groups is 1. The number of likely N-dealkylation sites (tertiary alicyclic amines) is 1. The van der Waals surface area contributed by atoms with Crippen LogP contribution >= 0.6 is 0 Å². The van der Waals surface area contributed by atoms with Gasteiger partial charge in [0.15, 0.2) is 5.96 Å². The van der Waals surface area contributed by atoms with Gasteiger partial charge in [0.2, 0.25) is 5.91 Å². The molecule has 26 heavy (non-hydrogen) atoms. The van der Waals surface area contributed by atoms with Crippen molar-refractivity contribution in [1.29, 1.82) is 0 Å². The van der Waals surface area contributed by atoms with Crippen molar-refractivity contribution in [2.45, 2.75) is 39.5 Å². The van der Waals surface area contributed by atoms with Crippen molar-refractivity contribution < 1.29 is 9.53 Å². The molecule has 1 aliphatic heterocycles. The first-order valence-electron chi connectivity index (χ1n) is 9.57. The highest BCUT2D eigenvalue weighted by Crippen LogP contribution is 2.19. The van der Waals surface area contributed by atoms with E-state index in [4.69, 9.17) is 4.74 Å². The minimum atomic E-state index is 0.217. The molecule has 1 amide bonds. The molecule has 144 valence electrons. The van der Waals surface area contributed by atoms with E-state index in [-0.39, 0.29) is 5.91 Å². The summed E-state index contributed by atoms with van der Waals surface area (Å²) in [6.45, 7) is 7.98. The van der Waals surface area contributed by atoms with E-state index < -0.39 is 0 Å². The van der Waals surface area contributed by atoms with Crippen LogP contribution in [0.3, 0.4) is 0 Å². The second-order valence-electron chi connectivity index (χ2n) is 6.58. The van der Waals surface area contributed by atoms with Gasteiger partial charge >= 0.3 is 0 Å². The second-order valence-corrected chi connectivity index (χ2v) is 6.58. The van der Waals surface area contributed by atoms with Crippen LogP contribution in [0.4, 0.5) is 0 Å². The largest absolute Gasteiger partial charge is 0.496 e. The molecule has 0 atom stereocenters. The normalized spacial score (nSPS) is 14.4. The van der Waals surface area contributed by atoms with Gasteiger partial charge in [-0.2, -0.15) is 0 Å². The number of hydrogen-bond donors (Lipinski definition) is 2. The molecular formula is C20H32N4O2. The molecule has 1 saturated heterocycles. The van der Waals surface area contributed by atoms with Crippen molar-refractivity contribution in [3.63, 3.8) is 0 Å². The van der Waals surface area contributed by atoms with E-state index in [1.807, 2.05) is 18.7 Å². The SMILES string of the molecule is CCNC(=NCCC(=O)N1CCCC1)NCCc1ccc(C)c(OC)c1. The summed E-state index contributed by atoms with van der Waals surface area (Å²) in [6.07, 6.45) is 3.62. The minimum Gasteiger partial charge on any atom is -0.496 e. The first-order valence-corrected chi connectivity index (χ1v) is 9.57. The Morgan fingerprint density at radius 2 is 2.04 bits per heavy atom. The molecule has 0 radical (unpaired) electrons. The molecule has 1 fully saturated rings. The predicted octanol–water partition coefficient (Wildman–Crippen LogP) is 2.11. The maximum atomic E-state index is 12.1. The summed E-state index contributed by atoms with van der Waals surface area (Å²) in [5.74, 6) is 1.90. The van der Waals surface area contributed by atoms with Gasteiger partial charge in [-0.1, -0.05) is 12.1 Å². The fourth-order valence-corrected chi connectivity index (χ4v) is 3.07. The highest BCUT2D eigenvalue weighted by atomic mass is 16.5. The van der Waals surface area contributed by atoms with Crippen molar-refractivity contribution in [2.75, 3.05) is 39.8 Å². The summed E-state index contributed by atoms with van der Waals surface area (Å²) in [6, 6.07) is 6.28. The van der Waals surface area contributed by atoms with Crippen molar-refractivity contribution >= 4 is 11.9 Å². The lowest BCUT2D eigenvalue weighted by molar-refractivity contribution is -0.129. The molecule has 2 rings (SSSR count). The van der Waals surface area contributed by atoms with Crippen LogP contribution < -0.4 is 15.4 Å². The number of nitrogens with one attached hydrogen (secondary N) is 2. The van der Waals surface area contributed by atoms with E-state index in [1.165, 1.54) is 5.56 Å². The van der Waals surface area contributed by atoms with Crippen molar-refractivity contribution in [2.24, 2.45) is 4.99 Å². The molecule has 0 unspecified atom stereocenters. The van der Waals surface area contributed by atoms with Gasteiger partial charge < -0.3 is 20.3 Å². The lowest BCUT2D eigenvalue weighted by Gasteiger charge is -2.15. The van der Waals surface area contributed by atoms with Crippen LogP contribution in [-0.2, 0) is 11.2 Å². The number of aryl methyl sites for hydroxylation is 1. The van der Waals surface area contributed by atoms with Crippen molar-refractivity contribution in [3.8, 4) is 5.75 Å². The Balaban J connectivity index is 1.78. The molecule has 0 aromatic heterocycles. The molecule has 0 bridgehead atoms. The van der Waals surface area contributed by atoms with E-state index in [2.05, 4.69) is 33.8 Å². The third-order valence-electron chi connectivity index (χ3n) is 4.58. The Bertz CT molecular complexity index is 610. The maximum Gasteiger partial charge on any atom is 0.224 e. The second kappa shape index (κ2) is 10.7. The standard InChI is InChI=1S/C20H32N4O2/c1-4-21-20(23-12-10-19(25)24-13-5-6-14-24)22-11-9-17-8-7-16(2)18(15-17)26-3/h7-8,15H,4-6,9-14H2,1-3H3,(H2,21,22,23). The number of amides is 1. The monoisotopic (exact) mass is 360 g/mol. The number of nitrogens with zero attached hydrogens (tertiary/aromatic N) is 2. The zero-order valence-corrected chi connectivity index (χ0v) is 16.3. The molecular weight excluding hydrogens is 328 g/mol. The Kier molecular flexibility index (Phi) is 8.25. The van der Waals surface area contributed by atoms with Crippen LogP contribution in [0.5, 0.6) is 5.75 Å². The van der Waals surface area contributed by atoms with E-state index in [0.29, 0.717) is 13.0 Å². The van der Waals surface area contributed by atoms with Crippen LogP contribution in [0.1, 0.15) is 37.3 Å². The number of guanidine groups is 1. The Morgan fingerprint density at radius 1 is 1.27 bits per heavy atom. The molecule has 1 aliphatic rings. The summed E-state index contributed by atoms with van der Waals surface area (Å²) in [4.78, 5) is 18.5. The fourth-order valence-electron chi connectivity index (χ4n) is 3.07. The van der Waals surface area contributed by atoms with Crippen molar-refractivity contribution in [3.05, 3.63) is 29.3 Å². The van der Waals surface area contributed by atoms with Gasteiger partial charge in [0.05, 0.1) is 13.7 Å². The van der Waals surface area contributed by atoms with Gasteiger partial charge in [0.1, 0.15) is 5.75 Å². The minimum absolute atomic E-state index is 0.217. The predicted molar refractivity (Wildman–Crippen MR) is 106 cm³/mol. The van der Waals surface area contributed by atoms with Crippen LogP contribution in [0.25, 0.3) is 0 Å². The smallest absolute Gasteiger partial charge is 0.224 e. The number of carbonyl (C=O) groups excluding carboxylic acids is 1. The summed E-state index contributed by atoms with van der Waals surface area (Å²) in [5, 5.41) is 6.57. The van der Waals surface area contributed by atoms with Crippen LogP contribution in [0.2, 0.25) is 0 Å². The van der Waals surface area contributed by atoms with E-state index in [0.717, 1.165) is 62.7 Å². The Morgan fingerprint density at radius 3 is 2.73 bits per heavy atom. The van der Waals surface area contributed by atoms with Gasteiger partial charge in [-0.15, -0.1) is 0 Å². The quantitative estimate of drug-likeness (QED) is 0.550. The number of rotatable bonds is 8. The highest BCUT2D eigenvalue weighted by Gasteiger charge is 2.16. The first kappa shape index (κ1) is 20.1. The number of hydrogen-bond acceptors (Lipinski definition) is 3. The average Bonchev–Trinajstić information content (AvgIpc) is 3.18. The Labute approximate surface area is 157 Å². The summed E-state index contributed by atoms with van der Waals surface area (Å²) >= 11 is 0. The number of carbonyl (C=O) groups is 1. The molecule has 6 heteroatoms. The zero-order chi connectivity index (χ0) is 18.8. The molecule has 1 heterocycles. The summed E-state index contributed by atoms with van der Waals surface area (Å²) in [7, 11) is 1.70.